The number of anilines is 1. The molecule has 0 fully saturated rings. The molecule has 0 bridgehead atoms. The van der Waals surface area contributed by atoms with Gasteiger partial charge in [0.1, 0.15) is 0 Å². The molecule has 0 spiro atoms. The van der Waals surface area contributed by atoms with Gasteiger partial charge in [0.05, 0.1) is 16.7 Å². The third-order valence-corrected chi connectivity index (χ3v) is 4.56. The summed E-state index contributed by atoms with van der Waals surface area (Å²) < 4.78 is 0. The van der Waals surface area contributed by atoms with Crippen molar-refractivity contribution in [1.82, 2.24) is 4.98 Å². The van der Waals surface area contributed by atoms with E-state index in [4.69, 9.17) is 10.7 Å². The van der Waals surface area contributed by atoms with Crippen molar-refractivity contribution >= 4 is 27.5 Å². The Hall–Kier alpha value is -2.09. The Morgan fingerprint density at radius 1 is 0.870 bits per heavy atom. The van der Waals surface area contributed by atoms with Crippen molar-refractivity contribution < 1.29 is 0 Å². The van der Waals surface area contributed by atoms with Crippen molar-refractivity contribution in [2.24, 2.45) is 0 Å². The van der Waals surface area contributed by atoms with Crippen molar-refractivity contribution in [2.45, 2.75) is 51.9 Å². The lowest BCUT2D eigenvalue weighted by Crippen LogP contribution is -1.92. The van der Waals surface area contributed by atoms with E-state index in [1.165, 1.54) is 49.5 Å². The minimum atomic E-state index is 0.755. The van der Waals surface area contributed by atoms with Gasteiger partial charge in [0, 0.05) is 10.8 Å². The van der Waals surface area contributed by atoms with Crippen LogP contribution in [0.3, 0.4) is 0 Å². The van der Waals surface area contributed by atoms with Gasteiger partial charge in [-0.25, -0.2) is 4.98 Å². The monoisotopic (exact) mass is 306 g/mol. The maximum atomic E-state index is 6.06. The summed E-state index contributed by atoms with van der Waals surface area (Å²) >= 11 is 0. The van der Waals surface area contributed by atoms with Crippen LogP contribution in [0.4, 0.5) is 5.69 Å². The topological polar surface area (TPSA) is 38.9 Å². The number of para-hydroxylation sites is 1. The van der Waals surface area contributed by atoms with Gasteiger partial charge >= 0.3 is 0 Å². The zero-order valence-electron chi connectivity index (χ0n) is 14.0. The highest BCUT2D eigenvalue weighted by atomic mass is 14.7. The number of aromatic nitrogens is 1. The lowest BCUT2D eigenvalue weighted by molar-refractivity contribution is 0.607. The number of nitrogens with two attached hydrogens (primary N) is 1. The van der Waals surface area contributed by atoms with Crippen molar-refractivity contribution in [2.75, 3.05) is 5.73 Å². The summed E-state index contributed by atoms with van der Waals surface area (Å²) in [4.78, 5) is 4.78. The van der Waals surface area contributed by atoms with Crippen LogP contribution >= 0.6 is 0 Å². The Bertz CT molecular complexity index is 792. The van der Waals surface area contributed by atoms with Crippen LogP contribution in [0.15, 0.2) is 42.5 Å². The second-order valence-corrected chi connectivity index (χ2v) is 6.45. The molecule has 0 atom stereocenters. The Kier molecular flexibility index (Phi) is 5.12. The second kappa shape index (κ2) is 7.45. The quantitative estimate of drug-likeness (QED) is 0.336. The van der Waals surface area contributed by atoms with Gasteiger partial charge < -0.3 is 5.73 Å². The minimum absolute atomic E-state index is 0.755. The molecule has 0 aliphatic carbocycles. The van der Waals surface area contributed by atoms with Crippen LogP contribution in [-0.4, -0.2) is 4.98 Å². The summed E-state index contributed by atoms with van der Waals surface area (Å²) in [6.45, 7) is 2.26. The summed E-state index contributed by atoms with van der Waals surface area (Å²) in [7, 11) is 0. The molecule has 2 aromatic carbocycles. The van der Waals surface area contributed by atoms with Gasteiger partial charge in [-0.3, -0.25) is 0 Å². The van der Waals surface area contributed by atoms with E-state index in [0.29, 0.717) is 0 Å². The number of hydrogen-bond donors (Lipinski definition) is 1. The molecular formula is C21H26N2. The van der Waals surface area contributed by atoms with Gasteiger partial charge in [-0.15, -0.1) is 0 Å². The molecule has 3 aromatic rings. The lowest BCUT2D eigenvalue weighted by atomic mass is 10.0. The molecule has 1 heterocycles. The van der Waals surface area contributed by atoms with Crippen LogP contribution in [0.25, 0.3) is 21.8 Å². The van der Waals surface area contributed by atoms with E-state index in [1.54, 1.807) is 0 Å². The van der Waals surface area contributed by atoms with Gasteiger partial charge in [-0.2, -0.15) is 0 Å². The Balaban J connectivity index is 1.73. The van der Waals surface area contributed by atoms with Crippen molar-refractivity contribution in [1.29, 1.82) is 0 Å². The fourth-order valence-electron chi connectivity index (χ4n) is 3.19. The number of benzene rings is 2. The van der Waals surface area contributed by atoms with E-state index in [9.17, 15) is 0 Å². The van der Waals surface area contributed by atoms with Gasteiger partial charge in [-0.1, -0.05) is 63.3 Å². The molecule has 0 aliphatic rings. The standard InChI is InChI=1S/C21H26N2/c1-2-3-4-5-6-7-9-16-12-13-17-15-18-10-8-11-19(22)21(18)23-20(17)14-16/h8,10-15H,2-7,9,22H2,1H3. The number of rotatable bonds is 7. The van der Waals surface area contributed by atoms with Gasteiger partial charge in [0.2, 0.25) is 0 Å². The predicted octanol–water partition coefficient (Wildman–Crippen LogP) is 5.87. The zero-order valence-corrected chi connectivity index (χ0v) is 14.0. The van der Waals surface area contributed by atoms with Crippen LogP contribution in [0.2, 0.25) is 0 Å². The molecular weight excluding hydrogens is 280 g/mol. The van der Waals surface area contributed by atoms with Crippen LogP contribution < -0.4 is 5.73 Å². The molecule has 0 aliphatic heterocycles. The smallest absolute Gasteiger partial charge is 0.0938 e. The predicted molar refractivity (Wildman–Crippen MR) is 101 cm³/mol. The molecule has 3 rings (SSSR count). The highest BCUT2D eigenvalue weighted by Gasteiger charge is 2.04. The summed E-state index contributed by atoms with van der Waals surface area (Å²) in [5, 5.41) is 2.30. The van der Waals surface area contributed by atoms with Crippen molar-refractivity contribution in [3.05, 3.63) is 48.0 Å². The minimum Gasteiger partial charge on any atom is -0.397 e. The molecule has 0 amide bonds. The third-order valence-electron chi connectivity index (χ3n) is 4.56. The van der Waals surface area contributed by atoms with E-state index < -0.39 is 0 Å². The lowest BCUT2D eigenvalue weighted by Gasteiger charge is -2.07. The molecule has 0 saturated heterocycles. The van der Waals surface area contributed by atoms with E-state index in [-0.39, 0.29) is 0 Å². The van der Waals surface area contributed by atoms with Crippen LogP contribution in [-0.2, 0) is 6.42 Å². The van der Waals surface area contributed by atoms with Crippen molar-refractivity contribution in [3.8, 4) is 0 Å². The number of fused-ring (bicyclic) bond motifs is 2. The van der Waals surface area contributed by atoms with Crippen LogP contribution in [0.5, 0.6) is 0 Å². The average molecular weight is 306 g/mol. The highest BCUT2D eigenvalue weighted by molar-refractivity contribution is 5.97. The van der Waals surface area contributed by atoms with Gasteiger partial charge in [0.25, 0.3) is 0 Å². The molecule has 0 unspecified atom stereocenters. The molecule has 2 heteroatoms. The molecule has 1 aromatic heterocycles. The molecule has 120 valence electrons. The Labute approximate surface area is 138 Å². The zero-order chi connectivity index (χ0) is 16.1. The van der Waals surface area contributed by atoms with Crippen LogP contribution in [0.1, 0.15) is 51.0 Å². The number of aryl methyl sites for hydroxylation is 1. The molecule has 2 nitrogen and oxygen atoms in total. The molecule has 2 N–H and O–H groups in total. The molecule has 0 radical (unpaired) electrons. The van der Waals surface area contributed by atoms with E-state index in [2.05, 4.69) is 37.3 Å². The second-order valence-electron chi connectivity index (χ2n) is 6.45. The van der Waals surface area contributed by atoms with E-state index in [0.717, 1.165) is 28.5 Å². The highest BCUT2D eigenvalue weighted by Crippen LogP contribution is 2.24. The number of pyridine rings is 1. The average Bonchev–Trinajstić information content (AvgIpc) is 2.57. The number of nitrogens with zero attached hydrogens (tertiary/aromatic N) is 1. The van der Waals surface area contributed by atoms with Crippen LogP contribution in [0, 0.1) is 0 Å². The fourth-order valence-corrected chi connectivity index (χ4v) is 3.19. The maximum Gasteiger partial charge on any atom is 0.0938 e. The Morgan fingerprint density at radius 3 is 2.57 bits per heavy atom. The largest absolute Gasteiger partial charge is 0.397 e. The van der Waals surface area contributed by atoms with E-state index in [1.807, 2.05) is 12.1 Å². The van der Waals surface area contributed by atoms with Crippen molar-refractivity contribution in [3.63, 3.8) is 0 Å². The summed E-state index contributed by atoms with van der Waals surface area (Å²) in [6, 6.07) is 14.8. The first-order valence-electron chi connectivity index (χ1n) is 8.86. The fraction of sp³-hybridized carbons (Fsp3) is 0.381. The molecule has 23 heavy (non-hydrogen) atoms. The first-order chi connectivity index (χ1) is 11.3. The Morgan fingerprint density at radius 2 is 1.70 bits per heavy atom. The number of unbranched alkanes of at least 4 members (excludes halogenated alkanes) is 5. The normalized spacial score (nSPS) is 11.3. The summed E-state index contributed by atoms with van der Waals surface area (Å²) in [5.41, 5.74) is 10.2. The van der Waals surface area contributed by atoms with Gasteiger partial charge in [-0.05, 0) is 36.6 Å². The first kappa shape index (κ1) is 15.8. The number of nitrogen functional groups attached to an aromatic ring is 1. The number of hydrogen-bond acceptors (Lipinski definition) is 2. The molecule has 0 saturated carbocycles. The van der Waals surface area contributed by atoms with Gasteiger partial charge in [0.15, 0.2) is 0 Å². The first-order valence-corrected chi connectivity index (χ1v) is 8.86. The maximum absolute atomic E-state index is 6.06. The third kappa shape index (κ3) is 3.82. The summed E-state index contributed by atoms with van der Waals surface area (Å²) in [6.07, 6.45) is 9.16. The van der Waals surface area contributed by atoms with E-state index >= 15 is 0 Å². The SMILES string of the molecule is CCCCCCCCc1ccc2cc3cccc(N)c3nc2c1. The summed E-state index contributed by atoms with van der Waals surface area (Å²) in [5.74, 6) is 0.